The van der Waals surface area contributed by atoms with Gasteiger partial charge in [0.05, 0.1) is 5.41 Å². The number of benzene rings is 1. The summed E-state index contributed by atoms with van der Waals surface area (Å²) >= 11 is 0. The van der Waals surface area contributed by atoms with E-state index in [4.69, 9.17) is 10.5 Å². The van der Waals surface area contributed by atoms with Crippen LogP contribution in [0.2, 0.25) is 0 Å². The minimum absolute atomic E-state index is 0.0159. The second kappa shape index (κ2) is 11.9. The fraction of sp³-hybridized carbons (Fsp3) is 0.645. The van der Waals surface area contributed by atoms with E-state index in [0.717, 1.165) is 30.4 Å². The maximum atomic E-state index is 14.3. The van der Waals surface area contributed by atoms with Crippen molar-refractivity contribution in [2.75, 3.05) is 18.9 Å². The molecule has 0 aromatic heterocycles. The number of hydrogen-bond acceptors (Lipinski definition) is 6. The quantitative estimate of drug-likeness (QED) is 0.496. The number of nitrogens with one attached hydrogen (secondary N) is 2. The summed E-state index contributed by atoms with van der Waals surface area (Å²) in [7, 11) is 1.55. The lowest BCUT2D eigenvalue weighted by Gasteiger charge is -2.35. The molecule has 1 saturated heterocycles. The van der Waals surface area contributed by atoms with Crippen LogP contribution >= 0.6 is 0 Å². The molecule has 4 bridgehead atoms. The van der Waals surface area contributed by atoms with E-state index >= 15 is 0 Å². The number of anilines is 1. The van der Waals surface area contributed by atoms with Crippen LogP contribution in [0, 0.1) is 5.92 Å². The molecule has 0 radical (unpaired) electrons. The fourth-order valence-corrected chi connectivity index (χ4v) is 6.39. The Morgan fingerprint density at radius 1 is 1.14 bits per heavy atom. The minimum Gasteiger partial charge on any atom is -0.444 e. The monoisotopic (exact) mass is 583 g/mol. The first-order valence-electron chi connectivity index (χ1n) is 14.9. The average molecular weight is 584 g/mol. The van der Waals surface area contributed by atoms with Gasteiger partial charge < -0.3 is 30.9 Å². The van der Waals surface area contributed by atoms with Gasteiger partial charge in [0, 0.05) is 19.3 Å². The summed E-state index contributed by atoms with van der Waals surface area (Å²) in [6.07, 6.45) is 3.17. The Morgan fingerprint density at radius 2 is 1.86 bits per heavy atom. The average Bonchev–Trinajstić information content (AvgIpc) is 3.42. The molecule has 11 heteroatoms. The standard InChI is InChI=1S/C31H45N5O6/c1-18(2)14-23-27(39)36-17-31(16-24(36)25(32)37)20-15-19(12-13-21(20)33-28(31)40)10-8-7-9-11-22(26(38)35(23)6)34-29(41)42-30(3,4)5/h12-13,15,18,22-24H,7-11,14,16-17H2,1-6H3,(H2,32,37)(H,33,40)(H,34,41)/t22-,23-,24-,31-/m0/s1. The largest absolute Gasteiger partial charge is 0.444 e. The molecule has 4 N–H and O–H groups in total. The summed E-state index contributed by atoms with van der Waals surface area (Å²) in [6.45, 7) is 9.12. The summed E-state index contributed by atoms with van der Waals surface area (Å²) in [5, 5.41) is 5.69. The third-order valence-electron chi connectivity index (χ3n) is 8.49. The summed E-state index contributed by atoms with van der Waals surface area (Å²) in [6, 6.07) is 3.04. The van der Waals surface area contributed by atoms with Crippen molar-refractivity contribution < 1.29 is 28.7 Å². The number of aryl methyl sites for hydroxylation is 1. The van der Waals surface area contributed by atoms with Crippen molar-refractivity contribution in [1.82, 2.24) is 15.1 Å². The number of likely N-dealkylation sites (N-methyl/N-ethyl adjacent to an activating group) is 1. The lowest BCUT2D eigenvalue weighted by atomic mass is 9.78. The highest BCUT2D eigenvalue weighted by molar-refractivity contribution is 6.08. The molecular formula is C31H45N5O6. The zero-order chi connectivity index (χ0) is 31.0. The number of ether oxygens (including phenoxy) is 1. The summed E-state index contributed by atoms with van der Waals surface area (Å²) in [5.74, 6) is -1.79. The minimum atomic E-state index is -1.11. The van der Waals surface area contributed by atoms with Crippen molar-refractivity contribution in [2.45, 2.75) is 109 Å². The molecule has 0 unspecified atom stereocenters. The van der Waals surface area contributed by atoms with E-state index in [1.807, 2.05) is 32.0 Å². The highest BCUT2D eigenvalue weighted by atomic mass is 16.6. The number of carbonyl (C=O) groups excluding carboxylic acids is 5. The maximum Gasteiger partial charge on any atom is 0.408 e. The van der Waals surface area contributed by atoms with Gasteiger partial charge in [-0.3, -0.25) is 19.2 Å². The van der Waals surface area contributed by atoms with Crippen molar-refractivity contribution >= 4 is 35.4 Å². The fourth-order valence-electron chi connectivity index (χ4n) is 6.39. The van der Waals surface area contributed by atoms with Gasteiger partial charge >= 0.3 is 6.09 Å². The van der Waals surface area contributed by atoms with Crippen LogP contribution in [-0.4, -0.2) is 76.8 Å². The van der Waals surface area contributed by atoms with Gasteiger partial charge in [-0.2, -0.15) is 0 Å². The van der Waals surface area contributed by atoms with Crippen LogP contribution < -0.4 is 16.4 Å². The molecule has 1 spiro atoms. The first-order valence-corrected chi connectivity index (χ1v) is 14.9. The van der Waals surface area contributed by atoms with E-state index in [-0.39, 0.29) is 24.8 Å². The Morgan fingerprint density at radius 3 is 2.50 bits per heavy atom. The normalized spacial score (nSPS) is 26.8. The van der Waals surface area contributed by atoms with Crippen molar-refractivity contribution in [1.29, 1.82) is 0 Å². The van der Waals surface area contributed by atoms with Crippen LogP contribution in [0.4, 0.5) is 10.5 Å². The van der Waals surface area contributed by atoms with Gasteiger partial charge in [0.1, 0.15) is 23.7 Å². The lowest BCUT2D eigenvalue weighted by Crippen LogP contribution is -2.57. The molecule has 3 heterocycles. The van der Waals surface area contributed by atoms with Gasteiger partial charge in [-0.1, -0.05) is 38.8 Å². The van der Waals surface area contributed by atoms with Crippen molar-refractivity contribution in [3.05, 3.63) is 29.3 Å². The van der Waals surface area contributed by atoms with Gasteiger partial charge in [0.15, 0.2) is 0 Å². The Bertz CT molecular complexity index is 1260. The predicted octanol–water partition coefficient (Wildman–Crippen LogP) is 2.85. The highest BCUT2D eigenvalue weighted by Crippen LogP contribution is 2.47. The molecule has 0 aliphatic carbocycles. The maximum absolute atomic E-state index is 14.3. The van der Waals surface area contributed by atoms with Gasteiger partial charge in [-0.15, -0.1) is 0 Å². The van der Waals surface area contributed by atoms with Crippen molar-refractivity contribution in [2.24, 2.45) is 11.7 Å². The van der Waals surface area contributed by atoms with Crippen LogP contribution in [0.15, 0.2) is 18.2 Å². The van der Waals surface area contributed by atoms with Gasteiger partial charge in [0.2, 0.25) is 23.6 Å². The highest BCUT2D eigenvalue weighted by Gasteiger charge is 2.58. The smallest absolute Gasteiger partial charge is 0.408 e. The SMILES string of the molecule is CC(C)C[C@H]1C(=O)N2C[C@]3(C[C@H]2C(N)=O)C(=O)Nc2ccc(cc23)CCCCC[C@H](NC(=O)OC(C)(C)C)C(=O)N1C. The molecule has 42 heavy (non-hydrogen) atoms. The van der Waals surface area contributed by atoms with Gasteiger partial charge in [0.25, 0.3) is 0 Å². The molecule has 1 aromatic rings. The Balaban J connectivity index is 1.75. The predicted molar refractivity (Wildman–Crippen MR) is 157 cm³/mol. The van der Waals surface area contributed by atoms with Gasteiger partial charge in [-0.05, 0) is 76.0 Å². The number of hydrogen-bond donors (Lipinski definition) is 3. The molecule has 230 valence electrons. The zero-order valence-electron chi connectivity index (χ0n) is 25.6. The number of alkyl carbamates (subject to hydrolysis) is 1. The van der Waals surface area contributed by atoms with Crippen LogP contribution in [0.5, 0.6) is 0 Å². The second-order valence-corrected chi connectivity index (χ2v) is 13.4. The summed E-state index contributed by atoms with van der Waals surface area (Å²) < 4.78 is 5.43. The molecule has 5 amide bonds. The molecule has 0 saturated carbocycles. The molecule has 3 aliphatic heterocycles. The van der Waals surface area contributed by atoms with Crippen LogP contribution in [0.25, 0.3) is 0 Å². The van der Waals surface area contributed by atoms with E-state index in [1.165, 1.54) is 9.80 Å². The zero-order valence-corrected chi connectivity index (χ0v) is 25.6. The second-order valence-electron chi connectivity index (χ2n) is 13.4. The summed E-state index contributed by atoms with van der Waals surface area (Å²) in [4.78, 5) is 70.0. The number of rotatable bonds is 4. The van der Waals surface area contributed by atoms with Crippen LogP contribution in [-0.2, 0) is 35.8 Å². The Kier molecular flexibility index (Phi) is 8.89. The van der Waals surface area contributed by atoms with Crippen molar-refractivity contribution in [3.8, 4) is 0 Å². The Labute approximate surface area is 247 Å². The molecule has 1 aromatic carbocycles. The summed E-state index contributed by atoms with van der Waals surface area (Å²) in [5.41, 5.74) is 6.50. The lowest BCUT2D eigenvalue weighted by molar-refractivity contribution is -0.148. The third kappa shape index (κ3) is 6.39. The van der Waals surface area contributed by atoms with E-state index in [2.05, 4.69) is 10.6 Å². The molecule has 11 nitrogen and oxygen atoms in total. The van der Waals surface area contributed by atoms with E-state index in [1.54, 1.807) is 27.8 Å². The van der Waals surface area contributed by atoms with Crippen LogP contribution in [0.3, 0.4) is 0 Å². The Hall–Kier alpha value is -3.63. The molecule has 4 atom stereocenters. The molecule has 3 aliphatic rings. The first kappa shape index (κ1) is 31.3. The van der Waals surface area contributed by atoms with Crippen molar-refractivity contribution in [3.63, 3.8) is 0 Å². The number of nitrogens with zero attached hydrogens (tertiary/aromatic N) is 2. The van der Waals surface area contributed by atoms with Crippen LogP contribution in [0.1, 0.15) is 84.3 Å². The number of primary amides is 1. The van der Waals surface area contributed by atoms with E-state index in [0.29, 0.717) is 24.9 Å². The van der Waals surface area contributed by atoms with E-state index in [9.17, 15) is 24.0 Å². The number of amides is 5. The number of fused-ring (bicyclic) bond motifs is 2. The molecule has 4 rings (SSSR count). The topological polar surface area (TPSA) is 151 Å². The first-order chi connectivity index (χ1) is 19.6. The number of nitrogens with two attached hydrogens (primary N) is 1. The van der Waals surface area contributed by atoms with Gasteiger partial charge in [-0.25, -0.2) is 4.79 Å². The third-order valence-corrected chi connectivity index (χ3v) is 8.49. The number of carbonyl (C=O) groups is 5. The van der Waals surface area contributed by atoms with E-state index < -0.39 is 53.0 Å². The molecule has 1 fully saturated rings. The molecular weight excluding hydrogens is 538 g/mol.